The van der Waals surface area contributed by atoms with Gasteiger partial charge < -0.3 is 20.1 Å². The number of nitrogens with zero attached hydrogens (tertiary/aromatic N) is 3. The first-order valence-electron chi connectivity index (χ1n) is 11.6. The van der Waals surface area contributed by atoms with Crippen LogP contribution in [0.25, 0.3) is 10.9 Å². The van der Waals surface area contributed by atoms with Gasteiger partial charge in [-0.25, -0.2) is 4.39 Å². The predicted octanol–water partition coefficient (Wildman–Crippen LogP) is 2.36. The van der Waals surface area contributed by atoms with Crippen molar-refractivity contribution in [1.29, 1.82) is 0 Å². The lowest BCUT2D eigenvalue weighted by Gasteiger charge is -2.42. The number of aromatic nitrogens is 1. The largest absolute Gasteiger partial charge is 0.350 e. The summed E-state index contributed by atoms with van der Waals surface area (Å²) < 4.78 is 14.1. The van der Waals surface area contributed by atoms with Crippen molar-refractivity contribution in [3.8, 4) is 0 Å². The molecule has 2 N–H and O–H groups in total. The third-order valence-electron chi connectivity index (χ3n) is 6.81. The van der Waals surface area contributed by atoms with E-state index < -0.39 is 0 Å². The van der Waals surface area contributed by atoms with E-state index >= 15 is 0 Å². The van der Waals surface area contributed by atoms with Gasteiger partial charge in [-0.2, -0.15) is 0 Å². The molecule has 0 bridgehead atoms. The van der Waals surface area contributed by atoms with Gasteiger partial charge in [0.25, 0.3) is 5.91 Å². The molecule has 1 saturated heterocycles. The molecule has 32 heavy (non-hydrogen) atoms. The number of benzene rings is 1. The third kappa shape index (κ3) is 4.96. The Morgan fingerprint density at radius 3 is 2.62 bits per heavy atom. The van der Waals surface area contributed by atoms with Crippen LogP contribution in [0.1, 0.15) is 41.7 Å². The van der Waals surface area contributed by atoms with Crippen LogP contribution in [0, 0.1) is 12.7 Å². The van der Waals surface area contributed by atoms with Gasteiger partial charge in [0.15, 0.2) is 0 Å². The van der Waals surface area contributed by atoms with E-state index in [4.69, 9.17) is 0 Å². The maximum atomic E-state index is 14.1. The van der Waals surface area contributed by atoms with Crippen LogP contribution in [-0.4, -0.2) is 90.4 Å². The zero-order valence-corrected chi connectivity index (χ0v) is 19.3. The van der Waals surface area contributed by atoms with Gasteiger partial charge in [-0.15, -0.1) is 0 Å². The summed E-state index contributed by atoms with van der Waals surface area (Å²) >= 11 is 0. The summed E-state index contributed by atoms with van der Waals surface area (Å²) in [5, 5.41) is 3.62. The van der Waals surface area contributed by atoms with E-state index in [2.05, 4.69) is 15.2 Å². The van der Waals surface area contributed by atoms with Crippen molar-refractivity contribution in [2.45, 2.75) is 44.7 Å². The quantitative estimate of drug-likeness (QED) is 0.744. The van der Waals surface area contributed by atoms with E-state index in [0.29, 0.717) is 29.2 Å². The van der Waals surface area contributed by atoms with Gasteiger partial charge in [-0.3, -0.25) is 14.5 Å². The summed E-state index contributed by atoms with van der Waals surface area (Å²) in [7, 11) is 3.83. The number of fused-ring (bicyclic) bond motifs is 1. The van der Waals surface area contributed by atoms with Crippen molar-refractivity contribution in [2.24, 2.45) is 0 Å². The molecule has 1 aromatic carbocycles. The van der Waals surface area contributed by atoms with Crippen LogP contribution in [0.2, 0.25) is 0 Å². The van der Waals surface area contributed by atoms with Crippen LogP contribution in [0.3, 0.4) is 0 Å². The van der Waals surface area contributed by atoms with Crippen molar-refractivity contribution in [1.82, 2.24) is 25.0 Å². The Kier molecular flexibility index (Phi) is 6.81. The average molecular weight is 444 g/mol. The van der Waals surface area contributed by atoms with Crippen molar-refractivity contribution < 1.29 is 14.0 Å². The zero-order valence-electron chi connectivity index (χ0n) is 19.3. The number of carbonyl (C=O) groups is 2. The highest BCUT2D eigenvalue weighted by Crippen LogP contribution is 2.26. The molecule has 1 aliphatic carbocycles. The highest BCUT2D eigenvalue weighted by Gasteiger charge is 2.31. The van der Waals surface area contributed by atoms with Crippen LogP contribution in [0.5, 0.6) is 0 Å². The fourth-order valence-corrected chi connectivity index (χ4v) is 5.04. The number of rotatable bonds is 5. The summed E-state index contributed by atoms with van der Waals surface area (Å²) in [6.45, 7) is 5.64. The molecule has 1 aliphatic heterocycles. The van der Waals surface area contributed by atoms with Crippen molar-refractivity contribution >= 4 is 22.7 Å². The number of H-pyrrole nitrogens is 1. The standard InChI is InChI=1S/C24H34FN5O2/c1-16-7-8-20(25)19-14-21(27-23(16)19)24(32)26-17-5-4-6-18(13-17)29-9-11-30(12-10-29)22(31)15-28(2)3/h7-8,14,17-18,27H,4-6,9-13,15H2,1-3H3,(H,26,32)/t17-,18+/m1/s1. The molecular formula is C24H34FN5O2. The monoisotopic (exact) mass is 443 g/mol. The smallest absolute Gasteiger partial charge is 0.267 e. The van der Waals surface area contributed by atoms with Crippen molar-refractivity contribution in [2.75, 3.05) is 46.8 Å². The Morgan fingerprint density at radius 2 is 1.94 bits per heavy atom. The average Bonchev–Trinajstić information content (AvgIpc) is 3.23. The normalized spacial score (nSPS) is 22.5. The number of carbonyl (C=O) groups excluding carboxylic acids is 2. The minimum absolute atomic E-state index is 0.104. The van der Waals surface area contributed by atoms with E-state index in [1.54, 1.807) is 12.1 Å². The van der Waals surface area contributed by atoms with Crippen molar-refractivity contribution in [3.05, 3.63) is 35.3 Å². The molecule has 2 aromatic rings. The summed E-state index contributed by atoms with van der Waals surface area (Å²) in [5.74, 6) is -0.306. The third-order valence-corrected chi connectivity index (χ3v) is 6.81. The Labute approximate surface area is 188 Å². The lowest BCUT2D eigenvalue weighted by molar-refractivity contribution is -0.134. The van der Waals surface area contributed by atoms with Crippen LogP contribution in [-0.2, 0) is 4.79 Å². The van der Waals surface area contributed by atoms with E-state index in [0.717, 1.165) is 57.4 Å². The topological polar surface area (TPSA) is 71.7 Å². The summed E-state index contributed by atoms with van der Waals surface area (Å²) in [6.07, 6.45) is 4.05. The van der Waals surface area contributed by atoms with Gasteiger partial charge in [0.2, 0.25) is 5.91 Å². The molecule has 174 valence electrons. The minimum Gasteiger partial charge on any atom is -0.350 e. The van der Waals surface area contributed by atoms with Gasteiger partial charge in [0.1, 0.15) is 11.5 Å². The fourth-order valence-electron chi connectivity index (χ4n) is 5.04. The van der Waals surface area contributed by atoms with Crippen LogP contribution < -0.4 is 5.32 Å². The lowest BCUT2D eigenvalue weighted by Crippen LogP contribution is -2.55. The predicted molar refractivity (Wildman–Crippen MR) is 123 cm³/mol. The zero-order chi connectivity index (χ0) is 22.8. The van der Waals surface area contributed by atoms with Gasteiger partial charge in [-0.1, -0.05) is 6.07 Å². The number of amides is 2. The van der Waals surface area contributed by atoms with Crippen molar-refractivity contribution in [3.63, 3.8) is 0 Å². The number of likely N-dealkylation sites (N-methyl/N-ethyl adjacent to an activating group) is 1. The Morgan fingerprint density at radius 1 is 1.19 bits per heavy atom. The van der Waals surface area contributed by atoms with Crippen LogP contribution >= 0.6 is 0 Å². The van der Waals surface area contributed by atoms with E-state index in [-0.39, 0.29) is 23.7 Å². The molecule has 2 aliphatic rings. The first kappa shape index (κ1) is 22.7. The molecule has 1 saturated carbocycles. The fraction of sp³-hybridized carbons (Fsp3) is 0.583. The highest BCUT2D eigenvalue weighted by atomic mass is 19.1. The minimum atomic E-state index is -0.318. The van der Waals surface area contributed by atoms with E-state index in [1.165, 1.54) is 6.07 Å². The number of halogens is 1. The Hall–Kier alpha value is -2.45. The summed E-state index contributed by atoms with van der Waals surface area (Å²) in [6, 6.07) is 5.29. The molecule has 0 radical (unpaired) electrons. The number of nitrogens with one attached hydrogen (secondary N) is 2. The summed E-state index contributed by atoms with van der Waals surface area (Å²) in [5.41, 5.74) is 2.00. The van der Waals surface area contributed by atoms with Gasteiger partial charge >= 0.3 is 0 Å². The molecule has 2 fully saturated rings. The molecule has 0 spiro atoms. The second-order valence-corrected chi connectivity index (χ2v) is 9.48. The van der Waals surface area contributed by atoms with E-state index in [9.17, 15) is 14.0 Å². The maximum absolute atomic E-state index is 14.1. The molecule has 2 amide bonds. The number of aryl methyl sites for hydroxylation is 1. The van der Waals surface area contributed by atoms with Gasteiger partial charge in [0, 0.05) is 43.6 Å². The first-order valence-corrected chi connectivity index (χ1v) is 11.6. The van der Waals surface area contributed by atoms with E-state index in [1.807, 2.05) is 30.8 Å². The molecule has 7 nitrogen and oxygen atoms in total. The Balaban J connectivity index is 1.33. The summed E-state index contributed by atoms with van der Waals surface area (Å²) in [4.78, 5) is 34.6. The molecular weight excluding hydrogens is 409 g/mol. The molecule has 2 heterocycles. The lowest BCUT2D eigenvalue weighted by atomic mass is 9.89. The SMILES string of the molecule is Cc1ccc(F)c2cc(C(=O)N[C@@H]3CCC[C@H](N4CCN(C(=O)CN(C)C)CC4)C3)[nH]c12. The highest BCUT2D eigenvalue weighted by molar-refractivity contribution is 5.99. The van der Waals surface area contributed by atoms with Crippen LogP contribution in [0.4, 0.5) is 4.39 Å². The Bertz CT molecular complexity index is 941. The second-order valence-electron chi connectivity index (χ2n) is 9.48. The molecule has 0 unspecified atom stereocenters. The molecule has 4 rings (SSSR count). The number of aromatic amines is 1. The molecule has 1 aromatic heterocycles. The second kappa shape index (κ2) is 9.58. The molecule has 8 heteroatoms. The first-order chi connectivity index (χ1) is 15.3. The molecule has 2 atom stereocenters. The number of hydrogen-bond donors (Lipinski definition) is 2. The number of piperazine rings is 1. The number of hydrogen-bond acceptors (Lipinski definition) is 4. The van der Waals surface area contributed by atoms with Gasteiger partial charge in [-0.05, 0) is 64.4 Å². The van der Waals surface area contributed by atoms with Crippen LogP contribution in [0.15, 0.2) is 18.2 Å². The maximum Gasteiger partial charge on any atom is 0.267 e. The van der Waals surface area contributed by atoms with Gasteiger partial charge in [0.05, 0.1) is 12.1 Å².